The van der Waals surface area contributed by atoms with Gasteiger partial charge in [0.15, 0.2) is 12.4 Å². The lowest BCUT2D eigenvalue weighted by atomic mass is 10.1. The average molecular weight is 355 g/mol. The second kappa shape index (κ2) is 9.36. The number of rotatable bonds is 8. The topological polar surface area (TPSA) is 81.7 Å². The molecule has 1 N–H and O–H groups in total. The summed E-state index contributed by atoms with van der Waals surface area (Å²) >= 11 is 0. The van der Waals surface area contributed by atoms with E-state index < -0.39 is 18.5 Å². The monoisotopic (exact) mass is 355 g/mol. The number of hydrogen-bond acceptors (Lipinski definition) is 5. The van der Waals surface area contributed by atoms with Crippen LogP contribution in [0.15, 0.2) is 48.5 Å². The van der Waals surface area contributed by atoms with Crippen molar-refractivity contribution in [1.82, 2.24) is 0 Å². The van der Waals surface area contributed by atoms with Crippen LogP contribution in [0.4, 0.5) is 5.69 Å². The number of carbonyl (C=O) groups excluding carboxylic acids is 3. The van der Waals surface area contributed by atoms with Gasteiger partial charge in [0, 0.05) is 5.56 Å². The minimum atomic E-state index is -0.534. The van der Waals surface area contributed by atoms with Gasteiger partial charge in [0.25, 0.3) is 5.91 Å². The van der Waals surface area contributed by atoms with Crippen LogP contribution < -0.4 is 10.1 Å². The Kier molecular flexibility index (Phi) is 6.91. The lowest BCUT2D eigenvalue weighted by Crippen LogP contribution is -2.22. The summed E-state index contributed by atoms with van der Waals surface area (Å²) in [5, 5.41) is 2.57. The lowest BCUT2D eigenvalue weighted by Gasteiger charge is -2.10. The number of hydrogen-bond donors (Lipinski definition) is 1. The molecule has 2 rings (SSSR count). The maximum Gasteiger partial charge on any atom is 0.309 e. The highest BCUT2D eigenvalue weighted by atomic mass is 16.5. The number of carbonyl (C=O) groups is 3. The van der Waals surface area contributed by atoms with E-state index in [1.54, 1.807) is 24.3 Å². The number of benzene rings is 2. The molecule has 0 spiro atoms. The summed E-state index contributed by atoms with van der Waals surface area (Å²) in [5.74, 6) is -0.495. The number of amides is 1. The van der Waals surface area contributed by atoms with Crippen LogP contribution >= 0.6 is 0 Å². The third-order valence-electron chi connectivity index (χ3n) is 3.60. The van der Waals surface area contributed by atoms with Crippen LogP contribution in [0.5, 0.6) is 5.75 Å². The van der Waals surface area contributed by atoms with Crippen LogP contribution in [-0.4, -0.2) is 30.9 Å². The minimum absolute atomic E-state index is 0.0334. The fraction of sp³-hybridized carbons (Fsp3) is 0.250. The Hall–Kier alpha value is -3.15. The summed E-state index contributed by atoms with van der Waals surface area (Å²) in [6, 6.07) is 14.1. The molecular weight excluding hydrogens is 334 g/mol. The fourth-order valence-electron chi connectivity index (χ4n) is 2.27. The van der Waals surface area contributed by atoms with Crippen LogP contribution in [0.1, 0.15) is 29.3 Å². The molecular formula is C20H21NO5. The molecule has 0 aliphatic carbocycles. The number of Topliss-reactive ketones (excluding diaryl/α,β-unsaturated/α-hetero) is 1. The summed E-state index contributed by atoms with van der Waals surface area (Å²) in [7, 11) is 0. The highest BCUT2D eigenvalue weighted by Gasteiger charge is 2.12. The first-order valence-electron chi connectivity index (χ1n) is 8.21. The molecule has 0 bridgehead atoms. The van der Waals surface area contributed by atoms with Gasteiger partial charge in [0.2, 0.25) is 0 Å². The first kappa shape index (κ1) is 19.2. The molecule has 0 fully saturated rings. The van der Waals surface area contributed by atoms with E-state index in [0.29, 0.717) is 17.0 Å². The van der Waals surface area contributed by atoms with Gasteiger partial charge in [-0.15, -0.1) is 0 Å². The SMILES string of the molecule is CC(=O)c1ccccc1NC(=O)COC(=O)CCOc1ccccc1C. The summed E-state index contributed by atoms with van der Waals surface area (Å²) < 4.78 is 10.4. The van der Waals surface area contributed by atoms with Crippen molar-refractivity contribution in [3.8, 4) is 5.75 Å². The van der Waals surface area contributed by atoms with Crippen molar-refractivity contribution < 1.29 is 23.9 Å². The molecule has 136 valence electrons. The third-order valence-corrected chi connectivity index (χ3v) is 3.60. The largest absolute Gasteiger partial charge is 0.493 e. The molecule has 1 amide bonds. The molecule has 2 aromatic rings. The lowest BCUT2D eigenvalue weighted by molar-refractivity contribution is -0.147. The number of para-hydroxylation sites is 2. The predicted molar refractivity (Wildman–Crippen MR) is 97.3 cm³/mol. The van der Waals surface area contributed by atoms with E-state index in [1.807, 2.05) is 31.2 Å². The molecule has 0 heterocycles. The van der Waals surface area contributed by atoms with E-state index in [0.717, 1.165) is 5.56 Å². The molecule has 6 nitrogen and oxygen atoms in total. The number of anilines is 1. The van der Waals surface area contributed by atoms with Gasteiger partial charge < -0.3 is 14.8 Å². The molecule has 0 unspecified atom stereocenters. The van der Waals surface area contributed by atoms with E-state index in [-0.39, 0.29) is 18.8 Å². The van der Waals surface area contributed by atoms with Crippen molar-refractivity contribution in [3.05, 3.63) is 59.7 Å². The standard InChI is InChI=1S/C20H21NO5/c1-14-7-3-6-10-18(14)25-12-11-20(24)26-13-19(23)21-17-9-5-4-8-16(17)15(2)22/h3-10H,11-13H2,1-2H3,(H,21,23). The number of aryl methyl sites for hydroxylation is 1. The normalized spacial score (nSPS) is 10.1. The third kappa shape index (κ3) is 5.73. The van der Waals surface area contributed by atoms with E-state index in [9.17, 15) is 14.4 Å². The smallest absolute Gasteiger partial charge is 0.309 e. The van der Waals surface area contributed by atoms with Gasteiger partial charge in [-0.05, 0) is 37.6 Å². The molecule has 0 aliphatic rings. The van der Waals surface area contributed by atoms with Gasteiger partial charge in [0.1, 0.15) is 5.75 Å². The summed E-state index contributed by atoms with van der Waals surface area (Å²) in [6.07, 6.45) is 0.0334. The number of esters is 1. The summed E-state index contributed by atoms with van der Waals surface area (Å²) in [4.78, 5) is 35.1. The maximum atomic E-state index is 11.9. The molecule has 6 heteroatoms. The zero-order chi connectivity index (χ0) is 18.9. The molecule has 0 saturated carbocycles. The summed E-state index contributed by atoms with van der Waals surface area (Å²) in [6.45, 7) is 3.07. The van der Waals surface area contributed by atoms with Gasteiger partial charge in [0.05, 0.1) is 18.7 Å². The molecule has 26 heavy (non-hydrogen) atoms. The van der Waals surface area contributed by atoms with Crippen molar-refractivity contribution in [2.45, 2.75) is 20.3 Å². The Morgan fingerprint density at radius 1 is 1.00 bits per heavy atom. The molecule has 0 aliphatic heterocycles. The van der Waals surface area contributed by atoms with E-state index >= 15 is 0 Å². The Morgan fingerprint density at radius 2 is 1.69 bits per heavy atom. The highest BCUT2D eigenvalue weighted by Crippen LogP contribution is 2.16. The Morgan fingerprint density at radius 3 is 2.42 bits per heavy atom. The van der Waals surface area contributed by atoms with E-state index in [2.05, 4.69) is 5.32 Å². The minimum Gasteiger partial charge on any atom is -0.493 e. The molecule has 0 radical (unpaired) electrons. The van der Waals surface area contributed by atoms with Gasteiger partial charge in [-0.25, -0.2) is 0 Å². The van der Waals surface area contributed by atoms with Crippen molar-refractivity contribution in [2.75, 3.05) is 18.5 Å². The first-order valence-corrected chi connectivity index (χ1v) is 8.21. The first-order chi connectivity index (χ1) is 12.5. The van der Waals surface area contributed by atoms with Crippen LogP contribution in [0.2, 0.25) is 0 Å². The Balaban J connectivity index is 1.74. The molecule has 2 aromatic carbocycles. The van der Waals surface area contributed by atoms with Crippen LogP contribution in [0.25, 0.3) is 0 Å². The Bertz CT molecular complexity index is 800. The number of ketones is 1. The second-order valence-corrected chi connectivity index (χ2v) is 5.67. The Labute approximate surface area is 152 Å². The van der Waals surface area contributed by atoms with Crippen molar-refractivity contribution in [1.29, 1.82) is 0 Å². The number of ether oxygens (including phenoxy) is 2. The fourth-order valence-corrected chi connectivity index (χ4v) is 2.27. The van der Waals surface area contributed by atoms with Gasteiger partial charge in [-0.3, -0.25) is 14.4 Å². The van der Waals surface area contributed by atoms with E-state index in [4.69, 9.17) is 9.47 Å². The van der Waals surface area contributed by atoms with Crippen molar-refractivity contribution in [3.63, 3.8) is 0 Å². The van der Waals surface area contributed by atoms with Crippen molar-refractivity contribution >= 4 is 23.3 Å². The zero-order valence-electron chi connectivity index (χ0n) is 14.8. The van der Waals surface area contributed by atoms with Gasteiger partial charge in [-0.2, -0.15) is 0 Å². The quantitative estimate of drug-likeness (QED) is 0.581. The van der Waals surface area contributed by atoms with Crippen LogP contribution in [-0.2, 0) is 14.3 Å². The summed E-state index contributed by atoms with van der Waals surface area (Å²) in [5.41, 5.74) is 1.77. The van der Waals surface area contributed by atoms with Crippen molar-refractivity contribution in [2.24, 2.45) is 0 Å². The van der Waals surface area contributed by atoms with Crippen LogP contribution in [0.3, 0.4) is 0 Å². The highest BCUT2D eigenvalue weighted by molar-refractivity contribution is 6.04. The zero-order valence-corrected chi connectivity index (χ0v) is 14.8. The van der Waals surface area contributed by atoms with Crippen LogP contribution in [0, 0.1) is 6.92 Å². The average Bonchev–Trinajstić information content (AvgIpc) is 2.62. The number of nitrogens with one attached hydrogen (secondary N) is 1. The molecule has 0 atom stereocenters. The van der Waals surface area contributed by atoms with E-state index in [1.165, 1.54) is 6.92 Å². The van der Waals surface area contributed by atoms with Gasteiger partial charge >= 0.3 is 5.97 Å². The van der Waals surface area contributed by atoms with Gasteiger partial charge in [-0.1, -0.05) is 30.3 Å². The second-order valence-electron chi connectivity index (χ2n) is 5.67. The molecule has 0 aromatic heterocycles. The molecule has 0 saturated heterocycles. The maximum absolute atomic E-state index is 11.9. The predicted octanol–water partition coefficient (Wildman–Crippen LogP) is 3.15.